The van der Waals surface area contributed by atoms with Crippen LogP contribution in [0, 0.1) is 0 Å². The topological polar surface area (TPSA) is 53.4 Å². The Kier molecular flexibility index (Phi) is 2.59. The summed E-state index contributed by atoms with van der Waals surface area (Å²) >= 11 is 1.27. The maximum absolute atomic E-state index is 8.72. The van der Waals surface area contributed by atoms with Crippen LogP contribution in [0.4, 0.5) is 0 Å². The largest absolute Gasteiger partial charge is 0.363 e. The van der Waals surface area contributed by atoms with Crippen LogP contribution in [0.5, 0.6) is 0 Å². The first kappa shape index (κ1) is 8.64. The molecule has 0 saturated heterocycles. The van der Waals surface area contributed by atoms with Crippen LogP contribution in [0.1, 0.15) is 36.8 Å². The first-order chi connectivity index (χ1) is 5.11. The molecule has 0 aliphatic carbocycles. The highest BCUT2D eigenvalue weighted by molar-refractivity contribution is 7.09. The normalized spacial score (nSPS) is 11.5. The molecule has 0 unspecified atom stereocenters. The Morgan fingerprint density at radius 3 is 2.36 bits per heavy atom. The third-order valence-corrected chi connectivity index (χ3v) is 2.26. The molecule has 0 amide bonds. The molecule has 0 aromatic carbocycles. The lowest BCUT2D eigenvalue weighted by molar-refractivity contribution is -0.0427. The van der Waals surface area contributed by atoms with E-state index in [9.17, 15) is 0 Å². The smallest absolute Gasteiger partial charge is 0.205 e. The van der Waals surface area contributed by atoms with Crippen molar-refractivity contribution in [1.29, 1.82) is 0 Å². The van der Waals surface area contributed by atoms with Crippen molar-refractivity contribution in [2.45, 2.75) is 26.1 Å². The average Bonchev–Trinajstić information content (AvgIpc) is 2.33. The minimum atomic E-state index is -1.42. The van der Waals surface area contributed by atoms with Crippen molar-refractivity contribution in [3.8, 4) is 0 Å². The van der Waals surface area contributed by atoms with Crippen molar-refractivity contribution in [3.63, 3.8) is 0 Å². The first-order valence-electron chi connectivity index (χ1n) is 3.42. The Morgan fingerprint density at radius 1 is 1.45 bits per heavy atom. The molecule has 3 nitrogen and oxygen atoms in total. The quantitative estimate of drug-likeness (QED) is 0.662. The molecule has 0 aliphatic heterocycles. The summed E-state index contributed by atoms with van der Waals surface area (Å²) in [7, 11) is 0. The van der Waals surface area contributed by atoms with Gasteiger partial charge in [-0.05, 0) is 5.92 Å². The van der Waals surface area contributed by atoms with E-state index in [0.717, 1.165) is 5.69 Å². The molecule has 11 heavy (non-hydrogen) atoms. The predicted octanol–water partition coefficient (Wildman–Crippen LogP) is 1.25. The van der Waals surface area contributed by atoms with Crippen molar-refractivity contribution < 1.29 is 10.2 Å². The molecule has 0 bridgehead atoms. The van der Waals surface area contributed by atoms with Crippen molar-refractivity contribution in [1.82, 2.24) is 4.98 Å². The Balaban J connectivity index is 2.82. The molecule has 0 aliphatic rings. The molecule has 0 fully saturated rings. The number of hydrogen-bond donors (Lipinski definition) is 2. The van der Waals surface area contributed by atoms with E-state index in [1.165, 1.54) is 11.3 Å². The minimum absolute atomic E-state index is 0.346. The Labute approximate surface area is 69.3 Å². The molecule has 1 aromatic rings. The van der Waals surface area contributed by atoms with Gasteiger partial charge in [-0.15, -0.1) is 11.3 Å². The van der Waals surface area contributed by atoms with E-state index in [-0.39, 0.29) is 0 Å². The summed E-state index contributed by atoms with van der Waals surface area (Å²) in [6, 6.07) is 0. The molecule has 1 heterocycles. The molecule has 0 spiro atoms. The number of aliphatic hydroxyl groups is 2. The first-order valence-corrected chi connectivity index (χ1v) is 4.30. The third kappa shape index (κ3) is 1.99. The standard InChI is InChI=1S/C7H11NO2S/c1-4(2)5-3-11-6(8-5)7(9)10/h3-4,7,9-10H,1-2H3. The van der Waals surface area contributed by atoms with Crippen LogP contribution >= 0.6 is 11.3 Å². The fourth-order valence-electron chi connectivity index (χ4n) is 0.684. The Hall–Kier alpha value is -0.450. The van der Waals surface area contributed by atoms with E-state index < -0.39 is 6.29 Å². The van der Waals surface area contributed by atoms with Gasteiger partial charge >= 0.3 is 0 Å². The highest BCUT2D eigenvalue weighted by Crippen LogP contribution is 2.20. The number of rotatable bonds is 2. The van der Waals surface area contributed by atoms with Gasteiger partial charge in [-0.1, -0.05) is 13.8 Å². The SMILES string of the molecule is CC(C)c1csc(C(O)O)n1. The molecular weight excluding hydrogens is 162 g/mol. The summed E-state index contributed by atoms with van der Waals surface area (Å²) < 4.78 is 0. The minimum Gasteiger partial charge on any atom is -0.363 e. The molecule has 0 radical (unpaired) electrons. The van der Waals surface area contributed by atoms with Gasteiger partial charge in [-0.3, -0.25) is 0 Å². The lowest BCUT2D eigenvalue weighted by atomic mass is 10.2. The molecule has 1 aromatic heterocycles. The van der Waals surface area contributed by atoms with Crippen molar-refractivity contribution in [2.75, 3.05) is 0 Å². The Morgan fingerprint density at radius 2 is 2.09 bits per heavy atom. The van der Waals surface area contributed by atoms with E-state index in [4.69, 9.17) is 10.2 Å². The van der Waals surface area contributed by atoms with Crippen molar-refractivity contribution in [3.05, 3.63) is 16.1 Å². The zero-order valence-corrected chi connectivity index (χ0v) is 7.30. The van der Waals surface area contributed by atoms with Gasteiger partial charge in [0.15, 0.2) is 0 Å². The third-order valence-electron chi connectivity index (χ3n) is 1.35. The van der Waals surface area contributed by atoms with Gasteiger partial charge in [0.2, 0.25) is 6.29 Å². The maximum atomic E-state index is 8.72. The highest BCUT2D eigenvalue weighted by Gasteiger charge is 2.09. The van der Waals surface area contributed by atoms with Crippen LogP contribution < -0.4 is 0 Å². The molecule has 1 rings (SSSR count). The zero-order chi connectivity index (χ0) is 8.43. The monoisotopic (exact) mass is 173 g/mol. The molecular formula is C7H11NO2S. The Bertz CT molecular complexity index is 210. The summed E-state index contributed by atoms with van der Waals surface area (Å²) in [5.74, 6) is 0.346. The van der Waals surface area contributed by atoms with Crippen LogP contribution in [0.15, 0.2) is 5.38 Å². The van der Waals surface area contributed by atoms with Crippen LogP contribution in [0.3, 0.4) is 0 Å². The van der Waals surface area contributed by atoms with E-state index in [2.05, 4.69) is 4.98 Å². The van der Waals surface area contributed by atoms with Gasteiger partial charge in [0.1, 0.15) is 5.01 Å². The van der Waals surface area contributed by atoms with Crippen LogP contribution in [0.25, 0.3) is 0 Å². The zero-order valence-electron chi connectivity index (χ0n) is 6.48. The van der Waals surface area contributed by atoms with Crippen LogP contribution in [0.2, 0.25) is 0 Å². The maximum Gasteiger partial charge on any atom is 0.205 e. The van der Waals surface area contributed by atoms with Crippen LogP contribution in [-0.4, -0.2) is 15.2 Å². The second kappa shape index (κ2) is 3.30. The van der Waals surface area contributed by atoms with Gasteiger partial charge in [-0.25, -0.2) is 4.98 Å². The number of thiazole rings is 1. The number of aromatic nitrogens is 1. The molecule has 2 N–H and O–H groups in total. The van der Waals surface area contributed by atoms with E-state index in [1.807, 2.05) is 19.2 Å². The summed E-state index contributed by atoms with van der Waals surface area (Å²) in [5, 5.41) is 19.7. The second-order valence-electron chi connectivity index (χ2n) is 2.64. The number of hydrogen-bond acceptors (Lipinski definition) is 4. The van der Waals surface area contributed by atoms with E-state index in [1.54, 1.807) is 0 Å². The van der Waals surface area contributed by atoms with Crippen LogP contribution in [-0.2, 0) is 0 Å². The molecule has 4 heteroatoms. The highest BCUT2D eigenvalue weighted by atomic mass is 32.1. The predicted molar refractivity (Wildman–Crippen MR) is 43.4 cm³/mol. The fourth-order valence-corrected chi connectivity index (χ4v) is 1.53. The lowest BCUT2D eigenvalue weighted by Crippen LogP contribution is -1.95. The lowest BCUT2D eigenvalue weighted by Gasteiger charge is -1.98. The summed E-state index contributed by atoms with van der Waals surface area (Å²) in [4.78, 5) is 4.03. The average molecular weight is 173 g/mol. The summed E-state index contributed by atoms with van der Waals surface area (Å²) in [6.07, 6.45) is -1.42. The summed E-state index contributed by atoms with van der Waals surface area (Å²) in [5.41, 5.74) is 0.915. The van der Waals surface area contributed by atoms with E-state index in [0.29, 0.717) is 10.9 Å². The molecule has 62 valence electrons. The fraction of sp³-hybridized carbons (Fsp3) is 0.571. The van der Waals surface area contributed by atoms with E-state index >= 15 is 0 Å². The van der Waals surface area contributed by atoms with Gasteiger partial charge in [0.25, 0.3) is 0 Å². The number of nitrogens with zero attached hydrogens (tertiary/aromatic N) is 1. The summed E-state index contributed by atoms with van der Waals surface area (Å²) in [6.45, 7) is 4.03. The van der Waals surface area contributed by atoms with Gasteiger partial charge in [-0.2, -0.15) is 0 Å². The van der Waals surface area contributed by atoms with Crippen molar-refractivity contribution in [2.24, 2.45) is 0 Å². The number of aliphatic hydroxyl groups excluding tert-OH is 1. The van der Waals surface area contributed by atoms with Gasteiger partial charge in [0, 0.05) is 5.38 Å². The van der Waals surface area contributed by atoms with Gasteiger partial charge in [0.05, 0.1) is 5.69 Å². The molecule has 0 atom stereocenters. The molecule has 0 saturated carbocycles. The second-order valence-corrected chi connectivity index (χ2v) is 3.53. The van der Waals surface area contributed by atoms with Crippen molar-refractivity contribution >= 4 is 11.3 Å². The van der Waals surface area contributed by atoms with Gasteiger partial charge < -0.3 is 10.2 Å².